The van der Waals surface area contributed by atoms with E-state index in [1.165, 1.54) is 25.7 Å². The van der Waals surface area contributed by atoms with Crippen molar-refractivity contribution in [3.63, 3.8) is 0 Å². The lowest BCUT2D eigenvalue weighted by Crippen LogP contribution is -2.44. The molecular weight excluding hydrogens is 228 g/mol. The summed E-state index contributed by atoms with van der Waals surface area (Å²) in [5.41, 5.74) is 0. The van der Waals surface area contributed by atoms with Gasteiger partial charge in [-0.15, -0.1) is 0 Å². The molecule has 0 aromatic rings. The first-order chi connectivity index (χ1) is 8.70. The van der Waals surface area contributed by atoms with E-state index in [1.807, 2.05) is 0 Å². The first-order valence-corrected chi connectivity index (χ1v) is 7.19. The monoisotopic (exact) mass is 254 g/mol. The molecule has 2 saturated carbocycles. The van der Waals surface area contributed by atoms with E-state index in [-0.39, 0.29) is 5.91 Å². The fourth-order valence-corrected chi connectivity index (χ4v) is 3.69. The van der Waals surface area contributed by atoms with Crippen LogP contribution < -0.4 is 10.6 Å². The molecule has 4 heteroatoms. The van der Waals surface area contributed by atoms with Crippen LogP contribution in [0.5, 0.6) is 0 Å². The normalized spacial score (nSPS) is 31.6. The number of ether oxygens (including phenoxy) is 1. The molecule has 2 bridgehead atoms. The third kappa shape index (κ3) is 3.45. The van der Waals surface area contributed by atoms with Crippen LogP contribution in [0.2, 0.25) is 0 Å². The van der Waals surface area contributed by atoms with Gasteiger partial charge >= 0.3 is 0 Å². The lowest BCUT2D eigenvalue weighted by atomic mass is 9.84. The largest absolute Gasteiger partial charge is 0.383 e. The van der Waals surface area contributed by atoms with Crippen molar-refractivity contribution in [1.82, 2.24) is 10.6 Å². The van der Waals surface area contributed by atoms with Gasteiger partial charge in [0.05, 0.1) is 13.2 Å². The minimum Gasteiger partial charge on any atom is -0.383 e. The smallest absolute Gasteiger partial charge is 0.234 e. The van der Waals surface area contributed by atoms with Crippen molar-refractivity contribution in [2.75, 3.05) is 26.8 Å². The van der Waals surface area contributed by atoms with Crippen molar-refractivity contribution >= 4 is 5.91 Å². The van der Waals surface area contributed by atoms with E-state index in [4.69, 9.17) is 4.74 Å². The van der Waals surface area contributed by atoms with Crippen molar-refractivity contribution in [3.8, 4) is 0 Å². The van der Waals surface area contributed by atoms with Gasteiger partial charge in [-0.3, -0.25) is 4.79 Å². The van der Waals surface area contributed by atoms with E-state index < -0.39 is 0 Å². The van der Waals surface area contributed by atoms with Crippen molar-refractivity contribution in [2.45, 2.75) is 38.6 Å². The highest BCUT2D eigenvalue weighted by atomic mass is 16.5. The van der Waals surface area contributed by atoms with Crippen LogP contribution in [0.15, 0.2) is 0 Å². The maximum absolute atomic E-state index is 11.8. The Hall–Kier alpha value is -0.610. The van der Waals surface area contributed by atoms with Crippen LogP contribution in [-0.4, -0.2) is 38.8 Å². The van der Waals surface area contributed by atoms with E-state index in [9.17, 15) is 4.79 Å². The van der Waals surface area contributed by atoms with Crippen LogP contribution in [-0.2, 0) is 9.53 Å². The van der Waals surface area contributed by atoms with E-state index in [0.29, 0.717) is 25.1 Å². The van der Waals surface area contributed by atoms with Crippen molar-refractivity contribution in [2.24, 2.45) is 17.8 Å². The molecule has 0 radical (unpaired) electrons. The molecule has 0 heterocycles. The molecule has 4 atom stereocenters. The summed E-state index contributed by atoms with van der Waals surface area (Å²) in [5.74, 6) is 2.64. The lowest BCUT2D eigenvalue weighted by Gasteiger charge is -2.28. The summed E-state index contributed by atoms with van der Waals surface area (Å²) in [6.45, 7) is 3.94. The molecular formula is C14H26N2O2. The van der Waals surface area contributed by atoms with Crippen LogP contribution >= 0.6 is 0 Å². The van der Waals surface area contributed by atoms with Gasteiger partial charge in [0, 0.05) is 19.7 Å². The Morgan fingerprint density at radius 2 is 2.22 bits per heavy atom. The summed E-state index contributed by atoms with van der Waals surface area (Å²) in [4.78, 5) is 11.8. The SMILES string of the molecule is COCCNCC(=O)N[C@@H](C)[C@H]1C[C@H]2CC[C@H]1C2. The number of fused-ring (bicyclic) bond motifs is 2. The minimum atomic E-state index is 0.112. The number of hydrogen-bond donors (Lipinski definition) is 2. The highest BCUT2D eigenvalue weighted by molar-refractivity contribution is 5.78. The zero-order chi connectivity index (χ0) is 13.0. The number of carbonyl (C=O) groups is 1. The average molecular weight is 254 g/mol. The predicted octanol–water partition coefficient (Wildman–Crippen LogP) is 1.16. The molecule has 2 rings (SSSR count). The number of amides is 1. The van der Waals surface area contributed by atoms with Crippen LogP contribution in [0.1, 0.15) is 32.6 Å². The third-order valence-electron chi connectivity index (χ3n) is 4.59. The molecule has 2 aliphatic carbocycles. The fraction of sp³-hybridized carbons (Fsp3) is 0.929. The molecule has 104 valence electrons. The van der Waals surface area contributed by atoms with Gasteiger partial charge in [0.1, 0.15) is 0 Å². The maximum atomic E-state index is 11.8. The zero-order valence-electron chi connectivity index (χ0n) is 11.6. The summed E-state index contributed by atoms with van der Waals surface area (Å²) in [6, 6.07) is 0.331. The van der Waals surface area contributed by atoms with Gasteiger partial charge in [-0.05, 0) is 43.9 Å². The van der Waals surface area contributed by atoms with Crippen LogP contribution in [0.4, 0.5) is 0 Å². The molecule has 2 aliphatic rings. The molecule has 0 aliphatic heterocycles. The molecule has 18 heavy (non-hydrogen) atoms. The second kappa shape index (κ2) is 6.53. The Labute approximate surface area is 110 Å². The van der Waals surface area contributed by atoms with Crippen molar-refractivity contribution in [1.29, 1.82) is 0 Å². The van der Waals surface area contributed by atoms with Gasteiger partial charge in [-0.25, -0.2) is 0 Å². The topological polar surface area (TPSA) is 50.4 Å². The second-order valence-corrected chi connectivity index (χ2v) is 5.86. The summed E-state index contributed by atoms with van der Waals surface area (Å²) in [7, 11) is 1.67. The molecule has 0 spiro atoms. The van der Waals surface area contributed by atoms with E-state index in [0.717, 1.165) is 18.4 Å². The highest BCUT2D eigenvalue weighted by Gasteiger charge is 2.41. The summed E-state index contributed by atoms with van der Waals surface area (Å²) >= 11 is 0. The Kier molecular flexibility index (Phi) is 5.01. The van der Waals surface area contributed by atoms with E-state index in [2.05, 4.69) is 17.6 Å². The Bertz CT molecular complexity index is 283. The number of hydrogen-bond acceptors (Lipinski definition) is 3. The number of nitrogens with one attached hydrogen (secondary N) is 2. The molecule has 0 aromatic heterocycles. The zero-order valence-corrected chi connectivity index (χ0v) is 11.6. The maximum Gasteiger partial charge on any atom is 0.234 e. The molecule has 0 aromatic carbocycles. The predicted molar refractivity (Wildman–Crippen MR) is 71.3 cm³/mol. The summed E-state index contributed by atoms with van der Waals surface area (Å²) in [5, 5.41) is 6.22. The summed E-state index contributed by atoms with van der Waals surface area (Å²) in [6.07, 6.45) is 5.52. The average Bonchev–Trinajstić information content (AvgIpc) is 2.96. The first-order valence-electron chi connectivity index (χ1n) is 7.19. The van der Waals surface area contributed by atoms with Gasteiger partial charge in [0.25, 0.3) is 0 Å². The number of rotatable bonds is 7. The molecule has 0 saturated heterocycles. The standard InChI is InChI=1S/C14H26N2O2/c1-10(13-8-11-3-4-12(13)7-11)16-14(17)9-15-5-6-18-2/h10-13,15H,3-9H2,1-2H3,(H,16,17)/t10-,11-,12-,13+/m0/s1. The Balaban J connectivity index is 1.64. The van der Waals surface area contributed by atoms with E-state index in [1.54, 1.807) is 7.11 Å². The minimum absolute atomic E-state index is 0.112. The molecule has 0 unspecified atom stereocenters. The highest BCUT2D eigenvalue weighted by Crippen LogP contribution is 2.49. The van der Waals surface area contributed by atoms with Crippen LogP contribution in [0.3, 0.4) is 0 Å². The van der Waals surface area contributed by atoms with Gasteiger partial charge in [0.15, 0.2) is 0 Å². The van der Waals surface area contributed by atoms with Crippen molar-refractivity contribution in [3.05, 3.63) is 0 Å². The quantitative estimate of drug-likeness (QED) is 0.670. The molecule has 1 amide bonds. The second-order valence-electron chi connectivity index (χ2n) is 5.86. The number of methoxy groups -OCH3 is 1. The van der Waals surface area contributed by atoms with Gasteiger partial charge in [-0.1, -0.05) is 6.42 Å². The lowest BCUT2D eigenvalue weighted by molar-refractivity contribution is -0.121. The van der Waals surface area contributed by atoms with Crippen LogP contribution in [0.25, 0.3) is 0 Å². The van der Waals surface area contributed by atoms with E-state index >= 15 is 0 Å². The Morgan fingerprint density at radius 1 is 1.39 bits per heavy atom. The van der Waals surface area contributed by atoms with Gasteiger partial charge in [0.2, 0.25) is 5.91 Å². The van der Waals surface area contributed by atoms with Gasteiger partial charge < -0.3 is 15.4 Å². The van der Waals surface area contributed by atoms with Gasteiger partial charge in [-0.2, -0.15) is 0 Å². The fourth-order valence-electron chi connectivity index (χ4n) is 3.69. The van der Waals surface area contributed by atoms with Crippen LogP contribution in [0, 0.1) is 17.8 Å². The summed E-state index contributed by atoms with van der Waals surface area (Å²) < 4.78 is 4.93. The molecule has 2 N–H and O–H groups in total. The molecule has 2 fully saturated rings. The van der Waals surface area contributed by atoms with Crippen molar-refractivity contribution < 1.29 is 9.53 Å². The first kappa shape index (κ1) is 13.8. The Morgan fingerprint density at radius 3 is 2.83 bits per heavy atom. The molecule has 4 nitrogen and oxygen atoms in total. The third-order valence-corrected chi connectivity index (χ3v) is 4.59. The number of carbonyl (C=O) groups excluding carboxylic acids is 1.